The van der Waals surface area contributed by atoms with Crippen LogP contribution in [0.25, 0.3) is 0 Å². The third-order valence-corrected chi connectivity index (χ3v) is 4.11. The van der Waals surface area contributed by atoms with Crippen molar-refractivity contribution in [1.82, 2.24) is 15.3 Å². The lowest BCUT2D eigenvalue weighted by Gasteiger charge is -2.32. The van der Waals surface area contributed by atoms with Gasteiger partial charge in [0.25, 0.3) is 5.91 Å². The molecule has 0 aliphatic carbocycles. The van der Waals surface area contributed by atoms with E-state index >= 15 is 0 Å². The number of hydrogen-bond acceptors (Lipinski definition) is 3. The molecule has 0 aromatic heterocycles. The maximum absolute atomic E-state index is 12.4. The minimum Gasteiger partial charge on any atom is -0.339 e. The predicted octanol–water partition coefficient (Wildman–Crippen LogP) is 1.89. The van der Waals surface area contributed by atoms with E-state index in [1.54, 1.807) is 19.1 Å². The molecular formula is C15H20BrN3O2. The smallest absolute Gasteiger partial charge is 0.253 e. The molecule has 6 heteroatoms. The van der Waals surface area contributed by atoms with Crippen LogP contribution in [0.1, 0.15) is 23.2 Å². The molecular weight excluding hydrogens is 334 g/mol. The maximum atomic E-state index is 12.4. The number of nitrogens with zero attached hydrogens (tertiary/aromatic N) is 2. The normalized spacial score (nSPS) is 16.1. The van der Waals surface area contributed by atoms with Gasteiger partial charge < -0.3 is 4.90 Å². The van der Waals surface area contributed by atoms with E-state index in [1.165, 1.54) is 0 Å². The lowest BCUT2D eigenvalue weighted by atomic mass is 9.95. The molecule has 1 aromatic rings. The highest BCUT2D eigenvalue weighted by molar-refractivity contribution is 9.10. The largest absolute Gasteiger partial charge is 0.339 e. The summed E-state index contributed by atoms with van der Waals surface area (Å²) in [6.45, 7) is 1.25. The zero-order valence-electron chi connectivity index (χ0n) is 12.3. The summed E-state index contributed by atoms with van der Waals surface area (Å²) in [5.74, 6) is 0.0612. The van der Waals surface area contributed by atoms with Crippen molar-refractivity contribution in [1.29, 1.82) is 0 Å². The summed E-state index contributed by atoms with van der Waals surface area (Å²) in [5.41, 5.74) is 3.47. The Morgan fingerprint density at radius 1 is 1.19 bits per heavy atom. The number of benzene rings is 1. The fourth-order valence-electron chi connectivity index (χ4n) is 2.43. The molecule has 0 radical (unpaired) electrons. The number of hydrazine groups is 1. The molecule has 0 atom stereocenters. The second-order valence-corrected chi connectivity index (χ2v) is 6.36. The van der Waals surface area contributed by atoms with Gasteiger partial charge in [0.05, 0.1) is 0 Å². The Bertz CT molecular complexity index is 508. The molecule has 1 fully saturated rings. The Kier molecular flexibility index (Phi) is 5.36. The number of rotatable bonds is 3. The van der Waals surface area contributed by atoms with Crippen molar-refractivity contribution < 1.29 is 9.59 Å². The van der Waals surface area contributed by atoms with Gasteiger partial charge in [-0.25, -0.2) is 5.01 Å². The number of halogens is 1. The van der Waals surface area contributed by atoms with Gasteiger partial charge in [-0.05, 0) is 37.1 Å². The summed E-state index contributed by atoms with van der Waals surface area (Å²) in [5, 5.41) is 1.65. The zero-order chi connectivity index (χ0) is 15.4. The number of carbonyl (C=O) groups is 2. The summed E-state index contributed by atoms with van der Waals surface area (Å²) < 4.78 is 0.957. The van der Waals surface area contributed by atoms with Crippen LogP contribution < -0.4 is 5.43 Å². The third-order valence-electron chi connectivity index (χ3n) is 3.58. The number of amides is 2. The fraction of sp³-hybridized carbons (Fsp3) is 0.467. The highest BCUT2D eigenvalue weighted by Gasteiger charge is 2.27. The Morgan fingerprint density at radius 2 is 1.76 bits per heavy atom. The molecule has 21 heavy (non-hydrogen) atoms. The van der Waals surface area contributed by atoms with Gasteiger partial charge in [-0.2, -0.15) is 0 Å². The standard InChI is InChI=1S/C15H20BrN3O2/c1-18(2)17-14(20)11-7-9-19(10-8-11)15(21)12-3-5-13(16)6-4-12/h3-6,11H,7-10H2,1-2H3,(H,17,20). The second kappa shape index (κ2) is 7.04. The molecule has 0 bridgehead atoms. The molecule has 1 aliphatic heterocycles. The number of nitrogens with one attached hydrogen (secondary N) is 1. The predicted molar refractivity (Wildman–Crippen MR) is 84.6 cm³/mol. The zero-order valence-corrected chi connectivity index (χ0v) is 13.9. The quantitative estimate of drug-likeness (QED) is 0.844. The lowest BCUT2D eigenvalue weighted by molar-refractivity contribution is -0.130. The molecule has 2 rings (SSSR count). The number of carbonyl (C=O) groups excluding carboxylic acids is 2. The van der Waals surface area contributed by atoms with E-state index in [0.717, 1.165) is 4.47 Å². The Balaban J connectivity index is 1.90. The molecule has 0 unspecified atom stereocenters. The first-order valence-corrected chi connectivity index (χ1v) is 7.79. The first-order valence-electron chi connectivity index (χ1n) is 7.00. The highest BCUT2D eigenvalue weighted by atomic mass is 79.9. The van der Waals surface area contributed by atoms with Crippen LogP contribution in [0.5, 0.6) is 0 Å². The van der Waals surface area contributed by atoms with E-state index in [4.69, 9.17) is 0 Å². The van der Waals surface area contributed by atoms with E-state index in [-0.39, 0.29) is 17.7 Å². The maximum Gasteiger partial charge on any atom is 0.253 e. The van der Waals surface area contributed by atoms with Gasteiger partial charge in [-0.15, -0.1) is 0 Å². The van der Waals surface area contributed by atoms with Crippen molar-refractivity contribution in [3.63, 3.8) is 0 Å². The van der Waals surface area contributed by atoms with Crippen molar-refractivity contribution in [2.45, 2.75) is 12.8 Å². The average molecular weight is 354 g/mol. The van der Waals surface area contributed by atoms with Gasteiger partial charge >= 0.3 is 0 Å². The van der Waals surface area contributed by atoms with Gasteiger partial charge in [0, 0.05) is 43.1 Å². The minimum atomic E-state index is -0.0126. The fourth-order valence-corrected chi connectivity index (χ4v) is 2.70. The lowest BCUT2D eigenvalue weighted by Crippen LogP contribution is -2.46. The van der Waals surface area contributed by atoms with Crippen LogP contribution in [0.2, 0.25) is 0 Å². The SMILES string of the molecule is CN(C)NC(=O)C1CCN(C(=O)c2ccc(Br)cc2)CC1. The van der Waals surface area contributed by atoms with Crippen LogP contribution in [-0.2, 0) is 4.79 Å². The third kappa shape index (κ3) is 4.28. The van der Waals surface area contributed by atoms with Gasteiger partial charge in [-0.3, -0.25) is 15.0 Å². The van der Waals surface area contributed by atoms with Crippen LogP contribution in [0.4, 0.5) is 0 Å². The molecule has 1 saturated heterocycles. The van der Waals surface area contributed by atoms with Gasteiger partial charge in [0.15, 0.2) is 0 Å². The molecule has 2 amide bonds. The summed E-state index contributed by atoms with van der Waals surface area (Å²) in [7, 11) is 3.59. The molecule has 1 aromatic carbocycles. The monoisotopic (exact) mass is 353 g/mol. The van der Waals surface area contributed by atoms with E-state index in [1.807, 2.05) is 29.2 Å². The van der Waals surface area contributed by atoms with Crippen molar-refractivity contribution >= 4 is 27.7 Å². The first kappa shape index (κ1) is 16.0. The van der Waals surface area contributed by atoms with Crippen LogP contribution in [0.3, 0.4) is 0 Å². The molecule has 114 valence electrons. The summed E-state index contributed by atoms with van der Waals surface area (Å²) in [4.78, 5) is 26.1. The summed E-state index contributed by atoms with van der Waals surface area (Å²) in [6, 6.07) is 7.36. The number of hydrogen-bond donors (Lipinski definition) is 1. The van der Waals surface area contributed by atoms with E-state index in [0.29, 0.717) is 31.5 Å². The van der Waals surface area contributed by atoms with Crippen molar-refractivity contribution in [2.75, 3.05) is 27.2 Å². The van der Waals surface area contributed by atoms with Gasteiger partial charge in [0.2, 0.25) is 5.91 Å². The highest BCUT2D eigenvalue weighted by Crippen LogP contribution is 2.20. The average Bonchev–Trinajstić information content (AvgIpc) is 2.47. The van der Waals surface area contributed by atoms with Gasteiger partial charge in [0.1, 0.15) is 0 Å². The Labute approximate surface area is 133 Å². The number of likely N-dealkylation sites (tertiary alicyclic amines) is 1. The second-order valence-electron chi connectivity index (χ2n) is 5.44. The summed E-state index contributed by atoms with van der Waals surface area (Å²) in [6.07, 6.45) is 1.42. The topological polar surface area (TPSA) is 52.7 Å². The van der Waals surface area contributed by atoms with Crippen LogP contribution in [0, 0.1) is 5.92 Å². The molecule has 1 aliphatic rings. The summed E-state index contributed by atoms with van der Waals surface area (Å²) >= 11 is 3.36. The molecule has 0 spiro atoms. The van der Waals surface area contributed by atoms with E-state index in [2.05, 4.69) is 21.4 Å². The Morgan fingerprint density at radius 3 is 2.29 bits per heavy atom. The molecule has 5 nitrogen and oxygen atoms in total. The van der Waals surface area contributed by atoms with Crippen molar-refractivity contribution in [3.05, 3.63) is 34.3 Å². The van der Waals surface area contributed by atoms with E-state index < -0.39 is 0 Å². The van der Waals surface area contributed by atoms with Crippen LogP contribution >= 0.6 is 15.9 Å². The number of piperidine rings is 1. The first-order chi connectivity index (χ1) is 9.97. The van der Waals surface area contributed by atoms with Gasteiger partial charge in [-0.1, -0.05) is 15.9 Å². The van der Waals surface area contributed by atoms with Crippen LogP contribution in [-0.4, -0.2) is 48.9 Å². The van der Waals surface area contributed by atoms with Crippen LogP contribution in [0.15, 0.2) is 28.7 Å². The molecule has 1 heterocycles. The molecule has 1 N–H and O–H groups in total. The molecule has 0 saturated carbocycles. The van der Waals surface area contributed by atoms with E-state index in [9.17, 15) is 9.59 Å². The Hall–Kier alpha value is -1.40. The minimum absolute atomic E-state index is 0.0126. The van der Waals surface area contributed by atoms with Crippen molar-refractivity contribution in [2.24, 2.45) is 5.92 Å². The van der Waals surface area contributed by atoms with Crippen molar-refractivity contribution in [3.8, 4) is 0 Å².